The molecule has 0 aliphatic carbocycles. The Morgan fingerprint density at radius 3 is 2.78 bits per heavy atom. The van der Waals surface area contributed by atoms with Crippen molar-refractivity contribution in [3.8, 4) is 0 Å². The molecule has 0 fully saturated rings. The fraction of sp³-hybridized carbons (Fsp3) is 0.0909. The number of benzene rings is 1. The Kier molecular flexibility index (Phi) is 3.40. The van der Waals surface area contributed by atoms with Crippen LogP contribution < -0.4 is 17.0 Å². The number of anilines is 2. The monoisotopic (exact) mass is 282 g/mol. The van der Waals surface area contributed by atoms with Gasteiger partial charge in [-0.25, -0.2) is 0 Å². The summed E-state index contributed by atoms with van der Waals surface area (Å²) in [5.41, 5.74) is 11.8. The van der Waals surface area contributed by atoms with Crippen LogP contribution in [-0.4, -0.2) is 9.55 Å². The molecule has 94 valence electrons. The molecular weight excluding hydrogens is 272 g/mol. The van der Waals surface area contributed by atoms with Crippen LogP contribution in [0, 0.1) is 4.77 Å². The third kappa shape index (κ3) is 2.39. The van der Waals surface area contributed by atoms with E-state index < -0.39 is 5.56 Å². The van der Waals surface area contributed by atoms with Crippen LogP contribution in [0.1, 0.15) is 5.56 Å². The largest absolute Gasteiger partial charge is 0.391 e. The van der Waals surface area contributed by atoms with Crippen LogP contribution >= 0.6 is 23.8 Å². The molecule has 0 aliphatic heterocycles. The van der Waals surface area contributed by atoms with E-state index in [1.807, 2.05) is 12.1 Å². The van der Waals surface area contributed by atoms with Gasteiger partial charge in [0.15, 0.2) is 4.77 Å². The Labute approximate surface area is 113 Å². The van der Waals surface area contributed by atoms with Crippen LogP contribution in [0.3, 0.4) is 0 Å². The molecule has 0 spiro atoms. The summed E-state index contributed by atoms with van der Waals surface area (Å²) in [6, 6.07) is 7.28. The number of H-pyrrole nitrogens is 1. The van der Waals surface area contributed by atoms with E-state index in [9.17, 15) is 4.79 Å². The van der Waals surface area contributed by atoms with E-state index >= 15 is 0 Å². The molecule has 5 N–H and O–H groups in total. The predicted molar refractivity (Wildman–Crippen MR) is 75.3 cm³/mol. The molecule has 0 bridgehead atoms. The third-order valence-corrected chi connectivity index (χ3v) is 3.06. The van der Waals surface area contributed by atoms with Crippen molar-refractivity contribution in [2.75, 3.05) is 11.5 Å². The van der Waals surface area contributed by atoms with Gasteiger partial charge in [0.2, 0.25) is 0 Å². The van der Waals surface area contributed by atoms with E-state index in [1.54, 1.807) is 16.7 Å². The predicted octanol–water partition coefficient (Wildman–Crippen LogP) is 1.77. The van der Waals surface area contributed by atoms with Gasteiger partial charge in [-0.1, -0.05) is 23.7 Å². The number of nitrogens with zero attached hydrogens (tertiary/aromatic N) is 1. The Hall–Kier alpha value is -1.79. The lowest BCUT2D eigenvalue weighted by atomic mass is 10.2. The first kappa shape index (κ1) is 12.7. The molecule has 1 aromatic heterocycles. The normalized spacial score (nSPS) is 10.5. The number of nitrogens with one attached hydrogen (secondary N) is 1. The minimum absolute atomic E-state index is 0.0365. The zero-order valence-electron chi connectivity index (χ0n) is 9.31. The molecule has 0 radical (unpaired) electrons. The Balaban J connectivity index is 2.50. The highest BCUT2D eigenvalue weighted by molar-refractivity contribution is 7.71. The van der Waals surface area contributed by atoms with Gasteiger partial charge in [-0.15, -0.1) is 0 Å². The van der Waals surface area contributed by atoms with Crippen molar-refractivity contribution >= 4 is 35.3 Å². The van der Waals surface area contributed by atoms with Crippen molar-refractivity contribution in [1.82, 2.24) is 9.55 Å². The maximum Gasteiger partial charge on any atom is 0.277 e. The highest BCUT2D eigenvalue weighted by atomic mass is 35.5. The van der Waals surface area contributed by atoms with Crippen molar-refractivity contribution in [3.63, 3.8) is 0 Å². The summed E-state index contributed by atoms with van der Waals surface area (Å²) >= 11 is 11.0. The molecule has 18 heavy (non-hydrogen) atoms. The lowest BCUT2D eigenvalue weighted by Crippen LogP contribution is -2.21. The molecule has 1 heterocycles. The molecule has 0 amide bonds. The molecule has 2 rings (SSSR count). The quantitative estimate of drug-likeness (QED) is 0.732. The lowest BCUT2D eigenvalue weighted by molar-refractivity contribution is 0.760. The van der Waals surface area contributed by atoms with E-state index in [-0.39, 0.29) is 16.3 Å². The topological polar surface area (TPSA) is 89.8 Å². The lowest BCUT2D eigenvalue weighted by Gasteiger charge is -2.12. The van der Waals surface area contributed by atoms with Crippen LogP contribution in [0.25, 0.3) is 0 Å². The van der Waals surface area contributed by atoms with Gasteiger partial charge in [-0.05, 0) is 29.9 Å². The number of nitrogens with two attached hydrogens (primary N) is 2. The summed E-state index contributed by atoms with van der Waals surface area (Å²) < 4.78 is 1.78. The number of rotatable bonds is 2. The van der Waals surface area contributed by atoms with Crippen molar-refractivity contribution in [2.24, 2.45) is 0 Å². The van der Waals surface area contributed by atoms with E-state index in [4.69, 9.17) is 35.3 Å². The Morgan fingerprint density at radius 2 is 2.11 bits per heavy atom. The summed E-state index contributed by atoms with van der Waals surface area (Å²) in [6.07, 6.45) is 0. The number of aromatic amines is 1. The minimum Gasteiger partial charge on any atom is -0.391 e. The maximum atomic E-state index is 11.4. The van der Waals surface area contributed by atoms with Crippen molar-refractivity contribution in [2.45, 2.75) is 6.54 Å². The van der Waals surface area contributed by atoms with Gasteiger partial charge >= 0.3 is 0 Å². The SMILES string of the molecule is Nc1c(N)n(Cc2cccc(Cl)c2)c(=S)[nH]c1=O. The molecule has 0 saturated heterocycles. The average Bonchev–Trinajstić information content (AvgIpc) is 2.32. The second-order valence-corrected chi connectivity index (χ2v) is 4.60. The summed E-state index contributed by atoms with van der Waals surface area (Å²) in [5.74, 6) is 0.156. The number of hydrogen-bond acceptors (Lipinski definition) is 4. The summed E-state index contributed by atoms with van der Waals surface area (Å²) in [5, 5.41) is 0.620. The average molecular weight is 283 g/mol. The summed E-state index contributed by atoms with van der Waals surface area (Å²) in [7, 11) is 0. The van der Waals surface area contributed by atoms with Gasteiger partial charge in [-0.2, -0.15) is 0 Å². The van der Waals surface area contributed by atoms with E-state index in [2.05, 4.69) is 4.98 Å². The van der Waals surface area contributed by atoms with E-state index in [1.165, 1.54) is 0 Å². The molecule has 5 nitrogen and oxygen atoms in total. The van der Waals surface area contributed by atoms with Crippen LogP contribution in [0.4, 0.5) is 11.5 Å². The molecular formula is C11H11ClN4OS. The van der Waals surface area contributed by atoms with Crippen LogP contribution in [0.2, 0.25) is 5.02 Å². The number of hydrogen-bond donors (Lipinski definition) is 3. The van der Waals surface area contributed by atoms with Gasteiger partial charge < -0.3 is 11.5 Å². The molecule has 0 aliphatic rings. The molecule has 0 atom stereocenters. The van der Waals surface area contributed by atoms with Crippen LogP contribution in [0.5, 0.6) is 0 Å². The standard InChI is InChI=1S/C11H11ClN4OS/c12-7-3-1-2-6(4-7)5-16-9(14)8(13)10(17)15-11(16)18/h1-4H,5,13-14H2,(H,15,17,18). The molecule has 1 aromatic carbocycles. The Bertz CT molecular complexity index is 707. The summed E-state index contributed by atoms with van der Waals surface area (Å²) in [4.78, 5) is 13.8. The second-order valence-electron chi connectivity index (χ2n) is 3.77. The first-order chi connectivity index (χ1) is 8.49. The molecule has 2 aromatic rings. The maximum absolute atomic E-state index is 11.4. The van der Waals surface area contributed by atoms with Crippen molar-refractivity contribution < 1.29 is 0 Å². The minimum atomic E-state index is -0.472. The van der Waals surface area contributed by atoms with Crippen molar-refractivity contribution in [1.29, 1.82) is 0 Å². The molecule has 0 unspecified atom stereocenters. The smallest absolute Gasteiger partial charge is 0.277 e. The zero-order valence-corrected chi connectivity index (χ0v) is 10.9. The van der Waals surface area contributed by atoms with Gasteiger partial charge in [-0.3, -0.25) is 14.3 Å². The van der Waals surface area contributed by atoms with Gasteiger partial charge in [0.1, 0.15) is 11.5 Å². The van der Waals surface area contributed by atoms with Crippen LogP contribution in [0.15, 0.2) is 29.1 Å². The summed E-state index contributed by atoms with van der Waals surface area (Å²) in [6.45, 7) is 0.395. The third-order valence-electron chi connectivity index (χ3n) is 2.51. The van der Waals surface area contributed by atoms with Gasteiger partial charge in [0.05, 0.1) is 6.54 Å². The van der Waals surface area contributed by atoms with Crippen LogP contribution in [-0.2, 0) is 6.54 Å². The highest BCUT2D eigenvalue weighted by Gasteiger charge is 2.07. The van der Waals surface area contributed by atoms with E-state index in [0.29, 0.717) is 11.6 Å². The Morgan fingerprint density at radius 1 is 1.39 bits per heavy atom. The van der Waals surface area contributed by atoms with Gasteiger partial charge in [0.25, 0.3) is 5.56 Å². The molecule has 0 saturated carbocycles. The van der Waals surface area contributed by atoms with Gasteiger partial charge in [0, 0.05) is 5.02 Å². The highest BCUT2D eigenvalue weighted by Crippen LogP contribution is 2.15. The fourth-order valence-corrected chi connectivity index (χ4v) is 2.05. The first-order valence-electron chi connectivity index (χ1n) is 5.11. The fourth-order valence-electron chi connectivity index (χ4n) is 1.58. The zero-order chi connectivity index (χ0) is 13.3. The second kappa shape index (κ2) is 4.83. The molecule has 7 heteroatoms. The van der Waals surface area contributed by atoms with Crippen molar-refractivity contribution in [3.05, 3.63) is 50.0 Å². The number of halogens is 1. The van der Waals surface area contributed by atoms with E-state index in [0.717, 1.165) is 5.56 Å². The number of aromatic nitrogens is 2. The first-order valence-corrected chi connectivity index (χ1v) is 5.90. The number of nitrogen functional groups attached to an aromatic ring is 2.